The second kappa shape index (κ2) is 5.74. The van der Waals surface area contributed by atoms with Gasteiger partial charge in [-0.25, -0.2) is 0 Å². The molecule has 0 amide bonds. The third kappa shape index (κ3) is 3.53. The van der Waals surface area contributed by atoms with Crippen LogP contribution in [0.25, 0.3) is 0 Å². The van der Waals surface area contributed by atoms with Crippen molar-refractivity contribution in [1.82, 2.24) is 0 Å². The van der Waals surface area contributed by atoms with Crippen LogP contribution in [-0.2, 0) is 11.2 Å². The van der Waals surface area contributed by atoms with Gasteiger partial charge in [-0.05, 0) is 37.0 Å². The Morgan fingerprint density at radius 3 is 2.56 bits per heavy atom. The molecule has 1 saturated carbocycles. The average molecular weight is 236 g/mol. The molecule has 0 aromatic heterocycles. The van der Waals surface area contributed by atoms with Gasteiger partial charge in [0.2, 0.25) is 0 Å². The molecule has 0 aliphatic heterocycles. The fourth-order valence-corrected chi connectivity index (χ4v) is 2.24. The van der Waals surface area contributed by atoms with Crippen molar-refractivity contribution in [2.45, 2.75) is 25.7 Å². The van der Waals surface area contributed by atoms with Crippen molar-refractivity contribution in [3.63, 3.8) is 0 Å². The summed E-state index contributed by atoms with van der Waals surface area (Å²) < 4.78 is 5.72. The molecular formula is C14H20OS. The molecule has 1 aromatic carbocycles. The zero-order chi connectivity index (χ0) is 11.3. The Morgan fingerprint density at radius 1 is 1.19 bits per heavy atom. The number of hydrogen-bond donors (Lipinski definition) is 1. The van der Waals surface area contributed by atoms with Gasteiger partial charge in [-0.3, -0.25) is 0 Å². The van der Waals surface area contributed by atoms with E-state index in [4.69, 9.17) is 4.74 Å². The van der Waals surface area contributed by atoms with Crippen molar-refractivity contribution in [2.24, 2.45) is 5.41 Å². The number of hydrogen-bond acceptors (Lipinski definition) is 2. The Bertz CT molecular complexity index is 306. The first-order valence-electron chi connectivity index (χ1n) is 6.07. The minimum atomic E-state index is 0.440. The predicted octanol–water partition coefficient (Wildman–Crippen LogP) is 3.35. The lowest BCUT2D eigenvalue weighted by Crippen LogP contribution is -2.13. The third-order valence-electron chi connectivity index (χ3n) is 3.30. The van der Waals surface area contributed by atoms with E-state index in [0.29, 0.717) is 5.41 Å². The summed E-state index contributed by atoms with van der Waals surface area (Å²) in [6.07, 6.45) is 4.84. The normalized spacial score (nSPS) is 17.3. The molecule has 0 N–H and O–H groups in total. The molecule has 2 rings (SSSR count). The molecule has 1 nitrogen and oxygen atoms in total. The standard InChI is InChI=1S/C14H20OS/c16-12-14(8-9-14)11-15-10-4-7-13-5-2-1-3-6-13/h1-3,5-6,16H,4,7-12H2. The predicted molar refractivity (Wildman–Crippen MR) is 71.1 cm³/mol. The van der Waals surface area contributed by atoms with Crippen LogP contribution in [0.3, 0.4) is 0 Å². The van der Waals surface area contributed by atoms with E-state index >= 15 is 0 Å². The minimum Gasteiger partial charge on any atom is -0.381 e. The molecule has 0 atom stereocenters. The van der Waals surface area contributed by atoms with Gasteiger partial charge in [0.05, 0.1) is 6.61 Å². The maximum absolute atomic E-state index is 5.72. The largest absolute Gasteiger partial charge is 0.381 e. The number of rotatable bonds is 7. The van der Waals surface area contributed by atoms with Crippen LogP contribution >= 0.6 is 12.6 Å². The van der Waals surface area contributed by atoms with Gasteiger partial charge in [0.15, 0.2) is 0 Å². The molecule has 1 fully saturated rings. The maximum atomic E-state index is 5.72. The average Bonchev–Trinajstić information content (AvgIpc) is 3.11. The third-order valence-corrected chi connectivity index (χ3v) is 3.97. The monoisotopic (exact) mass is 236 g/mol. The lowest BCUT2D eigenvalue weighted by molar-refractivity contribution is 0.0965. The van der Waals surface area contributed by atoms with Crippen LogP contribution in [0.4, 0.5) is 0 Å². The maximum Gasteiger partial charge on any atom is 0.0530 e. The number of ether oxygens (including phenoxy) is 1. The molecule has 2 heteroatoms. The lowest BCUT2D eigenvalue weighted by atomic mass is 10.1. The highest BCUT2D eigenvalue weighted by Gasteiger charge is 2.41. The molecule has 16 heavy (non-hydrogen) atoms. The van der Waals surface area contributed by atoms with Crippen LogP contribution in [0.1, 0.15) is 24.8 Å². The molecule has 88 valence electrons. The Labute approximate surface area is 104 Å². The van der Waals surface area contributed by atoms with Gasteiger partial charge in [-0.1, -0.05) is 30.3 Å². The molecule has 0 saturated heterocycles. The number of thiol groups is 1. The van der Waals surface area contributed by atoms with Crippen molar-refractivity contribution in [3.8, 4) is 0 Å². The van der Waals surface area contributed by atoms with E-state index in [2.05, 4.69) is 43.0 Å². The smallest absolute Gasteiger partial charge is 0.0530 e. The molecule has 0 unspecified atom stereocenters. The SMILES string of the molecule is SCC1(COCCCc2ccccc2)CC1. The summed E-state index contributed by atoms with van der Waals surface area (Å²) in [5.74, 6) is 0.978. The van der Waals surface area contributed by atoms with E-state index in [1.54, 1.807) is 0 Å². The summed E-state index contributed by atoms with van der Waals surface area (Å²) in [4.78, 5) is 0. The van der Waals surface area contributed by atoms with E-state index in [1.165, 1.54) is 18.4 Å². The number of aryl methyl sites for hydroxylation is 1. The quantitative estimate of drug-likeness (QED) is 0.564. The van der Waals surface area contributed by atoms with Gasteiger partial charge in [0.1, 0.15) is 0 Å². The first-order chi connectivity index (χ1) is 7.85. The van der Waals surface area contributed by atoms with Gasteiger partial charge in [-0.15, -0.1) is 0 Å². The second-order valence-corrected chi connectivity index (χ2v) is 5.12. The highest BCUT2D eigenvalue weighted by atomic mass is 32.1. The van der Waals surface area contributed by atoms with Crippen molar-refractivity contribution < 1.29 is 4.74 Å². The van der Waals surface area contributed by atoms with Crippen LogP contribution in [0, 0.1) is 5.41 Å². The van der Waals surface area contributed by atoms with E-state index in [9.17, 15) is 0 Å². The van der Waals surface area contributed by atoms with Gasteiger partial charge in [0.25, 0.3) is 0 Å². The molecule has 1 aromatic rings. The Kier molecular flexibility index (Phi) is 4.30. The van der Waals surface area contributed by atoms with Crippen molar-refractivity contribution in [2.75, 3.05) is 19.0 Å². The first kappa shape index (κ1) is 12.0. The van der Waals surface area contributed by atoms with Gasteiger partial charge < -0.3 is 4.74 Å². The zero-order valence-corrected chi connectivity index (χ0v) is 10.6. The van der Waals surface area contributed by atoms with Crippen LogP contribution < -0.4 is 0 Å². The van der Waals surface area contributed by atoms with Crippen LogP contribution in [0.5, 0.6) is 0 Å². The lowest BCUT2D eigenvalue weighted by Gasteiger charge is -2.11. The molecule has 0 heterocycles. The fourth-order valence-electron chi connectivity index (χ4n) is 1.84. The van der Waals surface area contributed by atoms with E-state index in [0.717, 1.165) is 31.8 Å². The molecular weight excluding hydrogens is 216 g/mol. The summed E-state index contributed by atoms with van der Waals surface area (Å²) in [6.45, 7) is 1.79. The highest BCUT2D eigenvalue weighted by Crippen LogP contribution is 2.46. The summed E-state index contributed by atoms with van der Waals surface area (Å²) in [6, 6.07) is 10.6. The summed E-state index contributed by atoms with van der Waals surface area (Å²) in [7, 11) is 0. The summed E-state index contributed by atoms with van der Waals surface area (Å²) in [5.41, 5.74) is 1.84. The van der Waals surface area contributed by atoms with Crippen molar-refractivity contribution >= 4 is 12.6 Å². The van der Waals surface area contributed by atoms with E-state index < -0.39 is 0 Å². The van der Waals surface area contributed by atoms with Gasteiger partial charge >= 0.3 is 0 Å². The van der Waals surface area contributed by atoms with Crippen LogP contribution in [-0.4, -0.2) is 19.0 Å². The van der Waals surface area contributed by atoms with Gasteiger partial charge in [-0.2, -0.15) is 12.6 Å². The summed E-state index contributed by atoms with van der Waals surface area (Å²) in [5, 5.41) is 0. The summed E-state index contributed by atoms with van der Waals surface area (Å²) >= 11 is 4.37. The fraction of sp³-hybridized carbons (Fsp3) is 0.571. The van der Waals surface area contributed by atoms with Crippen molar-refractivity contribution in [1.29, 1.82) is 0 Å². The molecule has 0 bridgehead atoms. The zero-order valence-electron chi connectivity index (χ0n) is 9.69. The molecule has 0 radical (unpaired) electrons. The highest BCUT2D eigenvalue weighted by molar-refractivity contribution is 7.80. The number of benzene rings is 1. The van der Waals surface area contributed by atoms with Crippen LogP contribution in [0.15, 0.2) is 30.3 Å². The molecule has 0 spiro atoms. The Balaban J connectivity index is 1.56. The Hall–Kier alpha value is -0.470. The van der Waals surface area contributed by atoms with Crippen molar-refractivity contribution in [3.05, 3.63) is 35.9 Å². The van der Waals surface area contributed by atoms with E-state index in [-0.39, 0.29) is 0 Å². The molecule has 1 aliphatic rings. The molecule has 1 aliphatic carbocycles. The Morgan fingerprint density at radius 2 is 1.94 bits per heavy atom. The second-order valence-electron chi connectivity index (χ2n) is 4.80. The van der Waals surface area contributed by atoms with Gasteiger partial charge in [0, 0.05) is 12.0 Å². The first-order valence-corrected chi connectivity index (χ1v) is 6.70. The topological polar surface area (TPSA) is 9.23 Å². The van der Waals surface area contributed by atoms with Crippen LogP contribution in [0.2, 0.25) is 0 Å². The minimum absolute atomic E-state index is 0.440. The van der Waals surface area contributed by atoms with E-state index in [1.807, 2.05) is 0 Å².